The molecule has 0 aliphatic rings. The summed E-state index contributed by atoms with van der Waals surface area (Å²) < 4.78 is 20.8. The Hall–Kier alpha value is -1.43. The largest absolute Gasteiger partial charge is 0.486 e. The third kappa shape index (κ3) is 3.07. The van der Waals surface area contributed by atoms with Crippen molar-refractivity contribution in [2.45, 2.75) is 26.5 Å². The van der Waals surface area contributed by atoms with Crippen LogP contribution >= 0.6 is 15.9 Å². The van der Waals surface area contributed by atoms with Gasteiger partial charge in [0, 0.05) is 6.54 Å². The van der Waals surface area contributed by atoms with Crippen LogP contribution in [0, 0.1) is 5.82 Å². The van der Waals surface area contributed by atoms with Gasteiger partial charge in [0.05, 0.1) is 4.47 Å². The SMILES string of the molecule is CCCn1ncnc1COc1ccc(F)c(Br)c1. The van der Waals surface area contributed by atoms with Gasteiger partial charge in [-0.1, -0.05) is 6.92 Å². The Morgan fingerprint density at radius 1 is 1.44 bits per heavy atom. The van der Waals surface area contributed by atoms with E-state index in [0.717, 1.165) is 18.8 Å². The molecule has 18 heavy (non-hydrogen) atoms. The molecule has 1 heterocycles. The van der Waals surface area contributed by atoms with Crippen LogP contribution in [0.25, 0.3) is 0 Å². The standard InChI is InChI=1S/C12H13BrFN3O/c1-2-5-17-12(15-8-16-17)7-18-9-3-4-11(14)10(13)6-9/h3-4,6,8H,2,5,7H2,1H3. The first-order valence-corrected chi connectivity index (χ1v) is 6.44. The highest BCUT2D eigenvalue weighted by molar-refractivity contribution is 9.10. The van der Waals surface area contributed by atoms with Crippen molar-refractivity contribution in [2.24, 2.45) is 0 Å². The van der Waals surface area contributed by atoms with Gasteiger partial charge in [-0.05, 0) is 40.5 Å². The van der Waals surface area contributed by atoms with Gasteiger partial charge >= 0.3 is 0 Å². The molecule has 0 saturated carbocycles. The van der Waals surface area contributed by atoms with E-state index in [1.807, 2.05) is 0 Å². The van der Waals surface area contributed by atoms with Crippen LogP contribution in [0.2, 0.25) is 0 Å². The van der Waals surface area contributed by atoms with Gasteiger partial charge < -0.3 is 4.74 Å². The van der Waals surface area contributed by atoms with Crippen molar-refractivity contribution in [3.05, 3.63) is 40.6 Å². The Morgan fingerprint density at radius 3 is 3.00 bits per heavy atom. The predicted octanol–water partition coefficient (Wildman–Crippen LogP) is 3.17. The molecule has 0 bridgehead atoms. The summed E-state index contributed by atoms with van der Waals surface area (Å²) in [6.07, 6.45) is 2.49. The van der Waals surface area contributed by atoms with Crippen LogP contribution in [0.5, 0.6) is 5.75 Å². The number of benzene rings is 1. The molecule has 0 unspecified atom stereocenters. The van der Waals surface area contributed by atoms with Crippen LogP contribution in [0.1, 0.15) is 19.2 Å². The van der Waals surface area contributed by atoms with Crippen LogP contribution in [-0.2, 0) is 13.2 Å². The van der Waals surface area contributed by atoms with Crippen LogP contribution in [0.15, 0.2) is 29.0 Å². The minimum absolute atomic E-state index is 0.309. The molecule has 96 valence electrons. The van der Waals surface area contributed by atoms with Gasteiger partial charge in [-0.15, -0.1) is 0 Å². The Bertz CT molecular complexity index is 530. The number of hydrogen-bond acceptors (Lipinski definition) is 3. The second-order valence-corrected chi connectivity index (χ2v) is 4.62. The van der Waals surface area contributed by atoms with Crippen LogP contribution in [-0.4, -0.2) is 14.8 Å². The fourth-order valence-corrected chi connectivity index (χ4v) is 1.87. The minimum atomic E-state index is -0.309. The lowest BCUT2D eigenvalue weighted by Crippen LogP contribution is -2.08. The molecule has 0 N–H and O–H groups in total. The molecule has 0 saturated heterocycles. The number of rotatable bonds is 5. The quantitative estimate of drug-likeness (QED) is 0.851. The zero-order valence-corrected chi connectivity index (χ0v) is 11.5. The van der Waals surface area contributed by atoms with E-state index < -0.39 is 0 Å². The highest BCUT2D eigenvalue weighted by Crippen LogP contribution is 2.22. The van der Waals surface area contributed by atoms with Crippen molar-refractivity contribution >= 4 is 15.9 Å². The molecule has 6 heteroatoms. The zero-order chi connectivity index (χ0) is 13.0. The van der Waals surface area contributed by atoms with Gasteiger partial charge in [0.2, 0.25) is 0 Å². The zero-order valence-electron chi connectivity index (χ0n) is 9.94. The molecule has 0 radical (unpaired) electrons. The second-order valence-electron chi connectivity index (χ2n) is 3.76. The average molecular weight is 314 g/mol. The molecule has 0 spiro atoms. The van der Waals surface area contributed by atoms with Crippen LogP contribution in [0.4, 0.5) is 4.39 Å². The summed E-state index contributed by atoms with van der Waals surface area (Å²) in [5.74, 6) is 1.04. The fourth-order valence-electron chi connectivity index (χ4n) is 1.51. The second kappa shape index (κ2) is 5.95. The van der Waals surface area contributed by atoms with Gasteiger partial charge in [-0.3, -0.25) is 0 Å². The third-order valence-corrected chi connectivity index (χ3v) is 3.00. The Balaban J connectivity index is 2.02. The molecule has 0 fully saturated rings. The molecule has 0 aliphatic heterocycles. The van der Waals surface area contributed by atoms with Crippen molar-refractivity contribution in [2.75, 3.05) is 0 Å². The lowest BCUT2D eigenvalue weighted by Gasteiger charge is -2.07. The van der Waals surface area contributed by atoms with Crippen molar-refractivity contribution in [1.29, 1.82) is 0 Å². The summed E-state index contributed by atoms with van der Waals surface area (Å²) >= 11 is 3.12. The van der Waals surface area contributed by atoms with Gasteiger partial charge in [0.25, 0.3) is 0 Å². The van der Waals surface area contributed by atoms with E-state index in [-0.39, 0.29) is 5.82 Å². The maximum atomic E-state index is 13.0. The topological polar surface area (TPSA) is 39.9 Å². The van der Waals surface area contributed by atoms with Crippen molar-refractivity contribution < 1.29 is 9.13 Å². The van der Waals surface area contributed by atoms with E-state index in [1.54, 1.807) is 16.8 Å². The molecule has 1 aromatic heterocycles. The summed E-state index contributed by atoms with van der Waals surface area (Å²) in [6.45, 7) is 3.20. The number of halogens is 2. The van der Waals surface area contributed by atoms with Crippen LogP contribution in [0.3, 0.4) is 0 Å². The van der Waals surface area contributed by atoms with Crippen molar-refractivity contribution in [3.8, 4) is 5.75 Å². The summed E-state index contributed by atoms with van der Waals surface area (Å²) in [7, 11) is 0. The van der Waals surface area contributed by atoms with E-state index in [2.05, 4.69) is 32.9 Å². The van der Waals surface area contributed by atoms with E-state index in [0.29, 0.717) is 16.8 Å². The summed E-state index contributed by atoms with van der Waals surface area (Å²) in [4.78, 5) is 4.13. The molecule has 2 rings (SSSR count). The first-order chi connectivity index (χ1) is 8.70. The molecule has 4 nitrogen and oxygen atoms in total. The maximum absolute atomic E-state index is 13.0. The smallest absolute Gasteiger partial charge is 0.164 e. The molecular weight excluding hydrogens is 301 g/mol. The van der Waals surface area contributed by atoms with Gasteiger partial charge in [-0.25, -0.2) is 14.1 Å². The van der Waals surface area contributed by atoms with Crippen LogP contribution < -0.4 is 4.74 Å². The molecule has 0 atom stereocenters. The first-order valence-electron chi connectivity index (χ1n) is 5.65. The van der Waals surface area contributed by atoms with Gasteiger partial charge in [-0.2, -0.15) is 5.10 Å². The minimum Gasteiger partial charge on any atom is -0.486 e. The van der Waals surface area contributed by atoms with E-state index >= 15 is 0 Å². The van der Waals surface area contributed by atoms with Crippen molar-refractivity contribution in [1.82, 2.24) is 14.8 Å². The monoisotopic (exact) mass is 313 g/mol. The number of aryl methyl sites for hydroxylation is 1. The normalized spacial score (nSPS) is 10.6. The predicted molar refractivity (Wildman–Crippen MR) is 68.7 cm³/mol. The van der Waals surface area contributed by atoms with Crippen molar-refractivity contribution in [3.63, 3.8) is 0 Å². The van der Waals surface area contributed by atoms with Gasteiger partial charge in [0.1, 0.15) is 24.5 Å². The fraction of sp³-hybridized carbons (Fsp3) is 0.333. The van der Waals surface area contributed by atoms with E-state index in [9.17, 15) is 4.39 Å². The number of nitrogens with zero attached hydrogens (tertiary/aromatic N) is 3. The lowest BCUT2D eigenvalue weighted by atomic mass is 10.3. The van der Waals surface area contributed by atoms with Gasteiger partial charge in [0.15, 0.2) is 5.82 Å². The average Bonchev–Trinajstić information content (AvgIpc) is 2.79. The summed E-state index contributed by atoms with van der Waals surface area (Å²) in [6, 6.07) is 4.53. The lowest BCUT2D eigenvalue weighted by molar-refractivity contribution is 0.285. The molecule has 0 aliphatic carbocycles. The third-order valence-electron chi connectivity index (χ3n) is 2.39. The highest BCUT2D eigenvalue weighted by atomic mass is 79.9. The van der Waals surface area contributed by atoms with E-state index in [1.165, 1.54) is 12.4 Å². The number of ether oxygens (including phenoxy) is 1. The molecular formula is C12H13BrFN3O. The Kier molecular flexibility index (Phi) is 4.30. The maximum Gasteiger partial charge on any atom is 0.164 e. The summed E-state index contributed by atoms with van der Waals surface area (Å²) in [5, 5.41) is 4.11. The molecule has 2 aromatic rings. The molecule has 1 aromatic carbocycles. The first kappa shape index (κ1) is 13.0. The Labute approximate surface area is 113 Å². The number of hydrogen-bond donors (Lipinski definition) is 0. The summed E-state index contributed by atoms with van der Waals surface area (Å²) in [5.41, 5.74) is 0. The molecule has 0 amide bonds. The highest BCUT2D eigenvalue weighted by Gasteiger charge is 2.06. The van der Waals surface area contributed by atoms with E-state index in [4.69, 9.17) is 4.74 Å². The number of aromatic nitrogens is 3. The Morgan fingerprint density at radius 2 is 2.28 bits per heavy atom.